The van der Waals surface area contributed by atoms with E-state index in [1.165, 1.54) is 0 Å². The van der Waals surface area contributed by atoms with E-state index in [-0.39, 0.29) is 6.61 Å². The summed E-state index contributed by atoms with van der Waals surface area (Å²) in [4.78, 5) is 14.3. The van der Waals surface area contributed by atoms with Crippen LogP contribution in [-0.2, 0) is 14.3 Å². The highest BCUT2D eigenvalue weighted by molar-refractivity contribution is 7.80. The Hall–Kier alpha value is -1.34. The first-order chi connectivity index (χ1) is 11.4. The molecule has 0 radical (unpaired) electrons. The van der Waals surface area contributed by atoms with Crippen LogP contribution in [0.4, 0.5) is 0 Å². The van der Waals surface area contributed by atoms with E-state index < -0.39 is 12.0 Å². The smallest absolute Gasteiger partial charge is 0.338 e. The van der Waals surface area contributed by atoms with Gasteiger partial charge in [-0.2, -0.15) is 0 Å². The fourth-order valence-corrected chi connectivity index (χ4v) is 3.04. The van der Waals surface area contributed by atoms with Crippen LogP contribution in [0.2, 0.25) is 10.0 Å². The molecule has 0 amide bonds. The van der Waals surface area contributed by atoms with E-state index in [9.17, 15) is 4.79 Å². The van der Waals surface area contributed by atoms with Gasteiger partial charge in [-0.15, -0.1) is 0 Å². The maximum Gasteiger partial charge on any atom is 0.338 e. The second-order valence-electron chi connectivity index (χ2n) is 5.21. The maximum atomic E-state index is 12.6. The molecule has 8 heteroatoms. The van der Waals surface area contributed by atoms with Crippen LogP contribution in [0.1, 0.15) is 18.5 Å². The minimum absolute atomic E-state index is 0.163. The molecular formula is C16H18Cl2N2O3S. The number of nitrogens with zero attached hydrogens (tertiary/aromatic N) is 1. The molecule has 2 rings (SSSR count). The lowest BCUT2D eigenvalue weighted by Gasteiger charge is -2.35. The first kappa shape index (κ1) is 19.0. The summed E-state index contributed by atoms with van der Waals surface area (Å²) >= 11 is 17.8. The van der Waals surface area contributed by atoms with Crippen molar-refractivity contribution in [2.45, 2.75) is 13.0 Å². The van der Waals surface area contributed by atoms with E-state index in [0.29, 0.717) is 38.6 Å². The van der Waals surface area contributed by atoms with Crippen LogP contribution in [0.3, 0.4) is 0 Å². The van der Waals surface area contributed by atoms with Gasteiger partial charge in [0, 0.05) is 19.9 Å². The maximum absolute atomic E-state index is 12.6. The minimum Gasteiger partial charge on any atom is -0.460 e. The predicted molar refractivity (Wildman–Crippen MR) is 98.2 cm³/mol. The van der Waals surface area contributed by atoms with Crippen molar-refractivity contribution >= 4 is 46.5 Å². The number of allylic oxidation sites excluding steroid dienone is 1. The molecule has 1 aromatic carbocycles. The molecule has 0 aliphatic carbocycles. The fraction of sp³-hybridized carbons (Fsp3) is 0.375. The standard InChI is InChI=1S/C16H18Cl2N2O3S/c1-9-12(15(21)23-8-7-22-3)14(19-16(24)20(9)2)10-5-4-6-11(17)13(10)18/h4-6,14H,7-8H2,1-3H3,(H,19,24)/t14-/m1/s1. The number of halogens is 2. The highest BCUT2D eigenvalue weighted by atomic mass is 35.5. The fourth-order valence-electron chi connectivity index (χ4n) is 2.37. The van der Waals surface area contributed by atoms with Crippen molar-refractivity contribution in [1.29, 1.82) is 0 Å². The molecule has 0 aromatic heterocycles. The molecule has 0 unspecified atom stereocenters. The lowest BCUT2D eigenvalue weighted by molar-refractivity contribution is -0.140. The summed E-state index contributed by atoms with van der Waals surface area (Å²) in [7, 11) is 3.32. The minimum atomic E-state index is -0.532. The zero-order chi connectivity index (χ0) is 17.9. The van der Waals surface area contributed by atoms with Gasteiger partial charge in [0.1, 0.15) is 6.61 Å². The third-order valence-electron chi connectivity index (χ3n) is 3.79. The van der Waals surface area contributed by atoms with Crippen molar-refractivity contribution in [3.63, 3.8) is 0 Å². The van der Waals surface area contributed by atoms with E-state index >= 15 is 0 Å². The third-order valence-corrected chi connectivity index (χ3v) is 5.01. The lowest BCUT2D eigenvalue weighted by atomic mass is 9.95. The largest absolute Gasteiger partial charge is 0.460 e. The van der Waals surface area contributed by atoms with Crippen LogP contribution in [0.5, 0.6) is 0 Å². The number of benzene rings is 1. The SMILES string of the molecule is COCCOC(=O)C1=C(C)N(C)C(=S)N[C@@H]1c1cccc(Cl)c1Cl. The van der Waals surface area contributed by atoms with Crippen molar-refractivity contribution in [3.05, 3.63) is 45.1 Å². The van der Waals surface area contributed by atoms with Crippen molar-refractivity contribution < 1.29 is 14.3 Å². The summed E-state index contributed by atoms with van der Waals surface area (Å²) in [5.41, 5.74) is 1.80. The van der Waals surface area contributed by atoms with Crippen molar-refractivity contribution in [3.8, 4) is 0 Å². The molecule has 1 aromatic rings. The number of carbonyl (C=O) groups excluding carboxylic acids is 1. The molecule has 130 valence electrons. The van der Waals surface area contributed by atoms with E-state index in [1.54, 1.807) is 37.3 Å². The normalized spacial score (nSPS) is 17.8. The van der Waals surface area contributed by atoms with Crippen LogP contribution in [0.25, 0.3) is 0 Å². The van der Waals surface area contributed by atoms with Gasteiger partial charge in [-0.3, -0.25) is 0 Å². The number of hydrogen-bond acceptors (Lipinski definition) is 4. The third kappa shape index (κ3) is 3.83. The second kappa shape index (κ2) is 8.16. The van der Waals surface area contributed by atoms with Gasteiger partial charge in [0.25, 0.3) is 0 Å². The topological polar surface area (TPSA) is 50.8 Å². The molecule has 1 aliphatic rings. The molecule has 1 heterocycles. The molecule has 0 saturated carbocycles. The van der Waals surface area contributed by atoms with E-state index in [0.717, 1.165) is 0 Å². The molecule has 0 fully saturated rings. The summed E-state index contributed by atoms with van der Waals surface area (Å²) in [6.07, 6.45) is 0. The molecular weight excluding hydrogens is 371 g/mol. The zero-order valence-electron chi connectivity index (χ0n) is 13.6. The quantitative estimate of drug-likeness (QED) is 0.474. The van der Waals surface area contributed by atoms with Crippen LogP contribution < -0.4 is 5.32 Å². The van der Waals surface area contributed by atoms with Crippen LogP contribution in [0.15, 0.2) is 29.5 Å². The predicted octanol–water partition coefficient (Wildman–Crippen LogP) is 3.32. The first-order valence-electron chi connectivity index (χ1n) is 7.23. The zero-order valence-corrected chi connectivity index (χ0v) is 15.9. The Bertz CT molecular complexity index is 694. The van der Waals surface area contributed by atoms with Crippen LogP contribution in [0, 0.1) is 0 Å². The summed E-state index contributed by atoms with van der Waals surface area (Å²) in [6, 6.07) is 4.73. The molecule has 5 nitrogen and oxygen atoms in total. The molecule has 0 saturated heterocycles. The Balaban J connectivity index is 2.45. The van der Waals surface area contributed by atoms with Gasteiger partial charge < -0.3 is 19.7 Å². The molecule has 24 heavy (non-hydrogen) atoms. The molecule has 0 bridgehead atoms. The number of carbonyl (C=O) groups is 1. The number of esters is 1. The van der Waals surface area contributed by atoms with Gasteiger partial charge in [-0.05, 0) is 30.8 Å². The number of thiocarbonyl (C=S) groups is 1. The lowest BCUT2D eigenvalue weighted by Crippen LogP contribution is -2.46. The summed E-state index contributed by atoms with van der Waals surface area (Å²) in [6.45, 7) is 2.30. The Kier molecular flexibility index (Phi) is 6.46. The van der Waals surface area contributed by atoms with E-state index in [2.05, 4.69) is 5.32 Å². The summed E-state index contributed by atoms with van der Waals surface area (Å²) < 4.78 is 10.2. The number of rotatable bonds is 5. The molecule has 1 N–H and O–H groups in total. The first-order valence-corrected chi connectivity index (χ1v) is 8.39. The van der Waals surface area contributed by atoms with Crippen molar-refractivity contribution in [2.24, 2.45) is 0 Å². The summed E-state index contributed by atoms with van der Waals surface area (Å²) in [5, 5.41) is 4.40. The molecule has 1 atom stereocenters. The monoisotopic (exact) mass is 388 g/mol. The molecule has 0 spiro atoms. The van der Waals surface area contributed by atoms with E-state index in [1.807, 2.05) is 6.92 Å². The van der Waals surface area contributed by atoms with E-state index in [4.69, 9.17) is 44.9 Å². The Morgan fingerprint density at radius 3 is 2.75 bits per heavy atom. The summed E-state index contributed by atoms with van der Waals surface area (Å²) in [5.74, 6) is -0.451. The van der Waals surface area contributed by atoms with Crippen LogP contribution >= 0.6 is 35.4 Å². The average Bonchev–Trinajstić information content (AvgIpc) is 2.55. The Morgan fingerprint density at radius 1 is 1.38 bits per heavy atom. The average molecular weight is 389 g/mol. The highest BCUT2D eigenvalue weighted by Gasteiger charge is 2.34. The van der Waals surface area contributed by atoms with Gasteiger partial charge in [0.2, 0.25) is 0 Å². The second-order valence-corrected chi connectivity index (χ2v) is 6.38. The van der Waals surface area contributed by atoms with Gasteiger partial charge in [0.05, 0.1) is 28.3 Å². The highest BCUT2D eigenvalue weighted by Crippen LogP contribution is 2.37. The van der Waals surface area contributed by atoms with Gasteiger partial charge in [0.15, 0.2) is 5.11 Å². The number of hydrogen-bond donors (Lipinski definition) is 1. The van der Waals surface area contributed by atoms with Crippen molar-refractivity contribution in [2.75, 3.05) is 27.4 Å². The number of ether oxygens (including phenoxy) is 2. The van der Waals surface area contributed by atoms with Crippen LogP contribution in [-0.4, -0.2) is 43.4 Å². The number of methoxy groups -OCH3 is 1. The van der Waals surface area contributed by atoms with Crippen molar-refractivity contribution in [1.82, 2.24) is 10.2 Å². The van der Waals surface area contributed by atoms with Gasteiger partial charge >= 0.3 is 5.97 Å². The van der Waals surface area contributed by atoms with Gasteiger partial charge in [-0.25, -0.2) is 4.79 Å². The Morgan fingerprint density at radius 2 is 2.08 bits per heavy atom. The molecule has 1 aliphatic heterocycles. The Labute approximate surface area is 156 Å². The van der Waals surface area contributed by atoms with Gasteiger partial charge in [-0.1, -0.05) is 35.3 Å². The number of nitrogens with one attached hydrogen (secondary N) is 1.